The van der Waals surface area contributed by atoms with E-state index in [1.807, 2.05) is 59.6 Å². The van der Waals surface area contributed by atoms with E-state index < -0.39 is 6.04 Å². The van der Waals surface area contributed by atoms with Crippen LogP contribution >= 0.6 is 11.6 Å². The maximum absolute atomic E-state index is 14.6. The SMILES string of the molecule is COc1ccccc1CN1CCC(CCC(=O)N[C@H](Cc2c[nH]c3ccccc23)C(=O)N2C[C@@H](CN(C)C)Cc3cc(Cl)ccc32)CC1. The standard InChI is InChI=1S/C39H48ClN5O3/c1-43(2)24-28-20-30-21-32(40)13-14-36(30)45(25-28)39(47)35(22-31-23-41-34-10-6-5-9-33(31)34)42-38(46)15-12-27-16-18-44(19-17-27)26-29-8-4-7-11-37(29)48-3/h4-11,13-14,21,23,27-28,35,41H,12,15-20,22,24-26H2,1-3H3,(H,42,46)/t28-,35-/m1/s1. The van der Waals surface area contributed by atoms with Gasteiger partial charge in [0, 0.05) is 65.8 Å². The highest BCUT2D eigenvalue weighted by molar-refractivity contribution is 6.30. The average molecular weight is 670 g/mol. The zero-order chi connectivity index (χ0) is 33.6. The summed E-state index contributed by atoms with van der Waals surface area (Å²) in [7, 11) is 5.84. The number of halogens is 1. The molecule has 9 heteroatoms. The number of carbonyl (C=O) groups excluding carboxylic acids is 2. The monoisotopic (exact) mass is 669 g/mol. The topological polar surface area (TPSA) is 80.9 Å². The van der Waals surface area contributed by atoms with Gasteiger partial charge in [-0.05, 0) is 106 Å². The lowest BCUT2D eigenvalue weighted by atomic mass is 9.90. The molecule has 1 aromatic heterocycles. The largest absolute Gasteiger partial charge is 0.496 e. The van der Waals surface area contributed by atoms with Crippen LogP contribution in [-0.4, -0.2) is 80.0 Å². The maximum Gasteiger partial charge on any atom is 0.249 e. The molecule has 0 saturated carbocycles. The maximum atomic E-state index is 14.6. The molecule has 1 fully saturated rings. The van der Waals surface area contributed by atoms with Crippen molar-refractivity contribution in [2.24, 2.45) is 11.8 Å². The van der Waals surface area contributed by atoms with Crippen molar-refractivity contribution in [3.63, 3.8) is 0 Å². The molecular weight excluding hydrogens is 622 g/mol. The van der Waals surface area contributed by atoms with E-state index in [0.29, 0.717) is 30.3 Å². The molecule has 0 spiro atoms. The molecule has 2 aliphatic rings. The normalized spacial score (nSPS) is 17.8. The van der Waals surface area contributed by atoms with Crippen LogP contribution in [0.1, 0.15) is 42.4 Å². The number of hydrogen-bond acceptors (Lipinski definition) is 5. The first-order chi connectivity index (χ1) is 23.3. The van der Waals surface area contributed by atoms with E-state index >= 15 is 0 Å². The summed E-state index contributed by atoms with van der Waals surface area (Å²) in [5.74, 6) is 1.53. The summed E-state index contributed by atoms with van der Waals surface area (Å²) in [5, 5.41) is 4.94. The van der Waals surface area contributed by atoms with Crippen LogP contribution in [-0.2, 0) is 29.0 Å². The van der Waals surface area contributed by atoms with E-state index in [1.165, 1.54) is 5.56 Å². The second-order valence-electron chi connectivity index (χ2n) is 13.8. The molecule has 1 saturated heterocycles. The number of carbonyl (C=O) groups is 2. The highest BCUT2D eigenvalue weighted by atomic mass is 35.5. The lowest BCUT2D eigenvalue weighted by Crippen LogP contribution is -2.53. The lowest BCUT2D eigenvalue weighted by molar-refractivity contribution is -0.128. The number of benzene rings is 3. The second-order valence-corrected chi connectivity index (χ2v) is 14.2. The van der Waals surface area contributed by atoms with Crippen molar-refractivity contribution in [3.05, 3.63) is 94.6 Å². The van der Waals surface area contributed by atoms with Crippen molar-refractivity contribution < 1.29 is 14.3 Å². The number of ether oxygens (including phenoxy) is 1. The Morgan fingerprint density at radius 3 is 2.58 bits per heavy atom. The molecule has 0 radical (unpaired) electrons. The van der Waals surface area contributed by atoms with Gasteiger partial charge in [-0.25, -0.2) is 0 Å². The molecule has 6 rings (SSSR count). The number of hydrogen-bond donors (Lipinski definition) is 2. The number of rotatable bonds is 12. The molecule has 0 aliphatic carbocycles. The van der Waals surface area contributed by atoms with E-state index in [1.54, 1.807) is 7.11 Å². The van der Waals surface area contributed by atoms with Gasteiger partial charge in [0.1, 0.15) is 11.8 Å². The molecular formula is C39H48ClN5O3. The molecule has 48 heavy (non-hydrogen) atoms. The quantitative estimate of drug-likeness (QED) is 0.185. The fraction of sp³-hybridized carbons (Fsp3) is 0.436. The number of amides is 2. The van der Waals surface area contributed by atoms with Crippen molar-refractivity contribution in [1.82, 2.24) is 20.1 Å². The summed E-state index contributed by atoms with van der Waals surface area (Å²) >= 11 is 6.41. The number of aromatic nitrogens is 1. The highest BCUT2D eigenvalue weighted by Crippen LogP contribution is 2.33. The van der Waals surface area contributed by atoms with Gasteiger partial charge in [-0.3, -0.25) is 14.5 Å². The number of nitrogens with one attached hydrogen (secondary N) is 2. The molecule has 2 aliphatic heterocycles. The van der Waals surface area contributed by atoms with E-state index in [9.17, 15) is 9.59 Å². The smallest absolute Gasteiger partial charge is 0.249 e. The second kappa shape index (κ2) is 15.6. The first-order valence-electron chi connectivity index (χ1n) is 17.2. The molecule has 8 nitrogen and oxygen atoms in total. The summed E-state index contributed by atoms with van der Waals surface area (Å²) in [4.78, 5) is 38.0. The van der Waals surface area contributed by atoms with Crippen LogP contribution in [0.5, 0.6) is 5.75 Å². The van der Waals surface area contributed by atoms with Gasteiger partial charge in [-0.15, -0.1) is 0 Å². The summed E-state index contributed by atoms with van der Waals surface area (Å²) in [6.07, 6.45) is 6.57. The molecule has 3 heterocycles. The zero-order valence-corrected chi connectivity index (χ0v) is 29.1. The van der Waals surface area contributed by atoms with Crippen molar-refractivity contribution in [2.45, 2.75) is 51.1 Å². The predicted octanol–water partition coefficient (Wildman–Crippen LogP) is 6.32. The summed E-state index contributed by atoms with van der Waals surface area (Å²) in [6, 6.07) is 21.4. The highest BCUT2D eigenvalue weighted by Gasteiger charge is 2.34. The Bertz CT molecular complexity index is 1710. The van der Waals surface area contributed by atoms with Crippen molar-refractivity contribution in [2.75, 3.05) is 52.3 Å². The fourth-order valence-corrected chi connectivity index (χ4v) is 7.77. The minimum atomic E-state index is -0.693. The number of aromatic amines is 1. The first-order valence-corrected chi connectivity index (χ1v) is 17.6. The summed E-state index contributed by atoms with van der Waals surface area (Å²) in [5.41, 5.74) is 5.20. The van der Waals surface area contributed by atoms with Crippen LogP contribution in [0.4, 0.5) is 5.69 Å². The minimum Gasteiger partial charge on any atom is -0.496 e. The Hall–Kier alpha value is -3.85. The fourth-order valence-electron chi connectivity index (χ4n) is 7.58. The molecule has 2 atom stereocenters. The van der Waals surface area contributed by atoms with Gasteiger partial charge in [0.15, 0.2) is 0 Å². The van der Waals surface area contributed by atoms with E-state index in [4.69, 9.17) is 16.3 Å². The van der Waals surface area contributed by atoms with E-state index in [2.05, 4.69) is 52.4 Å². The molecule has 4 aromatic rings. The first kappa shape index (κ1) is 34.0. The van der Waals surface area contributed by atoms with Gasteiger partial charge in [0.05, 0.1) is 7.11 Å². The van der Waals surface area contributed by atoms with Crippen molar-refractivity contribution >= 4 is 40.0 Å². The van der Waals surface area contributed by atoms with Gasteiger partial charge in [0.2, 0.25) is 11.8 Å². The number of methoxy groups -OCH3 is 1. The van der Waals surface area contributed by atoms with Crippen molar-refractivity contribution in [3.8, 4) is 5.75 Å². The number of fused-ring (bicyclic) bond motifs is 2. The number of piperidine rings is 1. The third-order valence-electron chi connectivity index (χ3n) is 9.98. The molecule has 0 unspecified atom stereocenters. The number of para-hydroxylation sites is 2. The van der Waals surface area contributed by atoms with Gasteiger partial charge in [-0.2, -0.15) is 0 Å². The molecule has 3 aromatic carbocycles. The van der Waals surface area contributed by atoms with Gasteiger partial charge < -0.3 is 24.8 Å². The van der Waals surface area contributed by atoms with E-state index in [0.717, 1.165) is 85.3 Å². The average Bonchev–Trinajstić information content (AvgIpc) is 3.49. The number of likely N-dealkylation sites (tertiary alicyclic amines) is 1. The Morgan fingerprint density at radius 2 is 1.79 bits per heavy atom. The van der Waals surface area contributed by atoms with Crippen LogP contribution in [0, 0.1) is 11.8 Å². The third-order valence-corrected chi connectivity index (χ3v) is 10.2. The van der Waals surface area contributed by atoms with Gasteiger partial charge in [-0.1, -0.05) is 48.0 Å². The van der Waals surface area contributed by atoms with Crippen LogP contribution < -0.4 is 15.0 Å². The molecule has 2 N–H and O–H groups in total. The summed E-state index contributed by atoms with van der Waals surface area (Å²) < 4.78 is 5.55. The van der Waals surface area contributed by atoms with Gasteiger partial charge in [0.25, 0.3) is 0 Å². The Morgan fingerprint density at radius 1 is 1.02 bits per heavy atom. The van der Waals surface area contributed by atoms with Crippen molar-refractivity contribution in [1.29, 1.82) is 0 Å². The summed E-state index contributed by atoms with van der Waals surface area (Å²) in [6.45, 7) is 4.32. The Kier molecular flexibility index (Phi) is 11.0. The van der Waals surface area contributed by atoms with Crippen LogP contribution in [0.25, 0.3) is 10.9 Å². The predicted molar refractivity (Wildman–Crippen MR) is 194 cm³/mol. The number of nitrogens with zero attached hydrogens (tertiary/aromatic N) is 3. The van der Waals surface area contributed by atoms with Gasteiger partial charge >= 0.3 is 0 Å². The molecule has 2 amide bonds. The van der Waals surface area contributed by atoms with Crippen LogP contribution in [0.15, 0.2) is 72.9 Å². The van der Waals surface area contributed by atoms with E-state index in [-0.39, 0.29) is 17.7 Å². The third kappa shape index (κ3) is 8.23. The Labute approximate surface area is 289 Å². The minimum absolute atomic E-state index is 0.0668. The van der Waals surface area contributed by atoms with Crippen LogP contribution in [0.2, 0.25) is 5.02 Å². The number of anilines is 1. The molecule has 0 bridgehead atoms. The zero-order valence-electron chi connectivity index (χ0n) is 28.4. The van der Waals surface area contributed by atoms with Crippen LogP contribution in [0.3, 0.4) is 0 Å². The number of H-pyrrole nitrogens is 1. The molecule has 254 valence electrons. The lowest BCUT2D eigenvalue weighted by Gasteiger charge is -2.37. The Balaban J connectivity index is 1.13.